The van der Waals surface area contributed by atoms with E-state index < -0.39 is 0 Å². The van der Waals surface area contributed by atoms with E-state index in [-0.39, 0.29) is 6.10 Å². The fraction of sp³-hybridized carbons (Fsp3) is 0.714. The van der Waals surface area contributed by atoms with Crippen LogP contribution in [0, 0.1) is 0 Å². The molecule has 1 aromatic rings. The molecule has 108 valence electrons. The first kappa shape index (κ1) is 14.9. The third-order valence-corrected chi connectivity index (χ3v) is 4.27. The lowest BCUT2D eigenvalue weighted by molar-refractivity contribution is 0.0114. The third-order valence-electron chi connectivity index (χ3n) is 3.42. The summed E-state index contributed by atoms with van der Waals surface area (Å²) in [6.45, 7) is 6.11. The van der Waals surface area contributed by atoms with E-state index in [1.165, 1.54) is 11.3 Å². The molecule has 1 N–H and O–H groups in total. The molecule has 2 heterocycles. The van der Waals surface area contributed by atoms with Crippen molar-refractivity contribution in [1.29, 1.82) is 0 Å². The van der Waals surface area contributed by atoms with E-state index in [1.807, 2.05) is 11.4 Å². The van der Waals surface area contributed by atoms with Crippen molar-refractivity contribution in [3.8, 4) is 0 Å². The Kier molecular flexibility index (Phi) is 6.26. The minimum atomic E-state index is -0.386. The van der Waals surface area contributed by atoms with Gasteiger partial charge in [0.2, 0.25) is 0 Å². The molecule has 0 radical (unpaired) electrons. The van der Waals surface area contributed by atoms with Crippen LogP contribution < -0.4 is 0 Å². The summed E-state index contributed by atoms with van der Waals surface area (Å²) < 4.78 is 5.56. The number of hydrogen-bond donors (Lipinski definition) is 1. The number of rotatable bonds is 6. The molecule has 1 atom stereocenters. The van der Waals surface area contributed by atoms with Gasteiger partial charge in [-0.3, -0.25) is 4.90 Å². The van der Waals surface area contributed by atoms with Crippen LogP contribution in [0.1, 0.15) is 11.3 Å². The van der Waals surface area contributed by atoms with Crippen LogP contribution in [-0.4, -0.2) is 67.4 Å². The predicted molar refractivity (Wildman–Crippen MR) is 78.5 cm³/mol. The Morgan fingerprint density at radius 2 is 2.26 bits per heavy atom. The lowest BCUT2D eigenvalue weighted by atomic mass is 10.3. The summed E-state index contributed by atoms with van der Waals surface area (Å²) in [7, 11) is 2.16. The molecule has 0 amide bonds. The van der Waals surface area contributed by atoms with Crippen LogP contribution in [0.3, 0.4) is 0 Å². The second kappa shape index (κ2) is 7.97. The number of nitrogens with zero attached hydrogens (tertiary/aromatic N) is 2. The zero-order valence-corrected chi connectivity index (χ0v) is 12.4. The zero-order chi connectivity index (χ0) is 13.5. The van der Waals surface area contributed by atoms with Gasteiger partial charge < -0.3 is 14.7 Å². The van der Waals surface area contributed by atoms with E-state index in [0.29, 0.717) is 13.2 Å². The molecule has 19 heavy (non-hydrogen) atoms. The van der Waals surface area contributed by atoms with Crippen LogP contribution in [-0.2, 0) is 11.3 Å². The highest BCUT2D eigenvalue weighted by Gasteiger charge is 2.15. The zero-order valence-electron chi connectivity index (χ0n) is 11.6. The summed E-state index contributed by atoms with van der Waals surface area (Å²) >= 11 is 1.69. The Bertz CT molecular complexity index is 345. The summed E-state index contributed by atoms with van der Waals surface area (Å²) in [5.74, 6) is 0. The molecule has 5 heteroatoms. The van der Waals surface area contributed by atoms with Gasteiger partial charge in [0.25, 0.3) is 0 Å². The molecule has 1 saturated heterocycles. The average Bonchev–Trinajstić information content (AvgIpc) is 2.81. The quantitative estimate of drug-likeness (QED) is 0.853. The maximum absolute atomic E-state index is 10.0. The maximum atomic E-state index is 10.0. The summed E-state index contributed by atoms with van der Waals surface area (Å²) in [6, 6.07) is 4.08. The van der Waals surface area contributed by atoms with E-state index in [1.54, 1.807) is 11.3 Å². The van der Waals surface area contributed by atoms with Crippen molar-refractivity contribution in [2.75, 3.05) is 46.4 Å². The molecule has 0 saturated carbocycles. The van der Waals surface area contributed by atoms with Crippen LogP contribution in [0.4, 0.5) is 0 Å². The van der Waals surface area contributed by atoms with Gasteiger partial charge in [0.1, 0.15) is 0 Å². The van der Waals surface area contributed by atoms with Gasteiger partial charge in [0, 0.05) is 24.5 Å². The molecule has 0 unspecified atom stereocenters. The fourth-order valence-electron chi connectivity index (χ4n) is 2.32. The molecule has 1 fully saturated rings. The van der Waals surface area contributed by atoms with E-state index in [9.17, 15) is 5.11 Å². The van der Waals surface area contributed by atoms with Crippen molar-refractivity contribution in [2.45, 2.75) is 19.1 Å². The first-order valence-electron chi connectivity index (χ1n) is 6.93. The molecule has 0 aromatic carbocycles. The average molecular weight is 284 g/mol. The van der Waals surface area contributed by atoms with Crippen molar-refractivity contribution in [3.63, 3.8) is 0 Å². The van der Waals surface area contributed by atoms with E-state index >= 15 is 0 Å². The molecule has 1 aromatic heterocycles. The van der Waals surface area contributed by atoms with Crippen molar-refractivity contribution in [2.24, 2.45) is 0 Å². The number of β-amino-alcohol motifs (C(OH)–C–C–N with tert-alkyl or cyclic N) is 1. The lowest BCUT2D eigenvalue weighted by Gasteiger charge is -2.23. The summed E-state index contributed by atoms with van der Waals surface area (Å²) in [5.41, 5.74) is 0. The minimum absolute atomic E-state index is 0.386. The largest absolute Gasteiger partial charge is 0.389 e. The number of hydrogen-bond acceptors (Lipinski definition) is 5. The normalized spacial score (nSPS) is 20.3. The fourth-order valence-corrected chi connectivity index (χ4v) is 2.96. The topological polar surface area (TPSA) is 35.9 Å². The van der Waals surface area contributed by atoms with Gasteiger partial charge in [-0.05, 0) is 38.0 Å². The van der Waals surface area contributed by atoms with E-state index in [4.69, 9.17) is 4.74 Å². The van der Waals surface area contributed by atoms with E-state index in [2.05, 4.69) is 22.9 Å². The molecule has 0 aliphatic carbocycles. The molecule has 2 rings (SSSR count). The van der Waals surface area contributed by atoms with Gasteiger partial charge in [0.05, 0.1) is 19.3 Å². The van der Waals surface area contributed by atoms with Crippen molar-refractivity contribution < 1.29 is 9.84 Å². The maximum Gasteiger partial charge on any atom is 0.0900 e. The number of ether oxygens (including phenoxy) is 1. The Morgan fingerprint density at radius 1 is 1.37 bits per heavy atom. The van der Waals surface area contributed by atoms with Crippen LogP contribution in [0.25, 0.3) is 0 Å². The molecule has 1 aliphatic rings. The van der Waals surface area contributed by atoms with Crippen LogP contribution >= 0.6 is 11.3 Å². The molecule has 1 aliphatic heterocycles. The van der Waals surface area contributed by atoms with Crippen molar-refractivity contribution in [3.05, 3.63) is 22.4 Å². The standard InChI is InChI=1S/C14H24N2O2S/c1-15-5-3-6-16(8-7-15)10-13(17)11-18-12-14-4-2-9-19-14/h2,4,9,13,17H,3,5-8,10-12H2,1H3/t13-/m0/s1. The SMILES string of the molecule is CN1CCCN(C[C@H](O)COCc2cccs2)CC1. The van der Waals surface area contributed by atoms with Gasteiger partial charge in [-0.1, -0.05) is 6.07 Å². The summed E-state index contributed by atoms with van der Waals surface area (Å²) in [4.78, 5) is 5.89. The summed E-state index contributed by atoms with van der Waals surface area (Å²) in [6.07, 6.45) is 0.794. The molecular weight excluding hydrogens is 260 g/mol. The second-order valence-electron chi connectivity index (χ2n) is 5.21. The Morgan fingerprint density at radius 3 is 3.05 bits per heavy atom. The number of aliphatic hydroxyl groups excluding tert-OH is 1. The molecule has 0 bridgehead atoms. The first-order chi connectivity index (χ1) is 9.24. The number of aliphatic hydroxyl groups is 1. The van der Waals surface area contributed by atoms with Gasteiger partial charge in [-0.15, -0.1) is 11.3 Å². The highest BCUT2D eigenvalue weighted by molar-refractivity contribution is 7.09. The minimum Gasteiger partial charge on any atom is -0.389 e. The van der Waals surface area contributed by atoms with Crippen LogP contribution in [0.5, 0.6) is 0 Å². The van der Waals surface area contributed by atoms with Gasteiger partial charge in [0.15, 0.2) is 0 Å². The van der Waals surface area contributed by atoms with Crippen molar-refractivity contribution in [1.82, 2.24) is 9.80 Å². The van der Waals surface area contributed by atoms with Gasteiger partial charge in [-0.25, -0.2) is 0 Å². The highest BCUT2D eigenvalue weighted by Crippen LogP contribution is 2.10. The van der Waals surface area contributed by atoms with Gasteiger partial charge >= 0.3 is 0 Å². The highest BCUT2D eigenvalue weighted by atomic mass is 32.1. The lowest BCUT2D eigenvalue weighted by Crippen LogP contribution is -2.37. The predicted octanol–water partition coefficient (Wildman–Crippen LogP) is 1.26. The molecule has 4 nitrogen and oxygen atoms in total. The Hall–Kier alpha value is -0.460. The molecular formula is C14H24N2O2S. The van der Waals surface area contributed by atoms with Crippen LogP contribution in [0.2, 0.25) is 0 Å². The Labute approximate surface area is 119 Å². The smallest absolute Gasteiger partial charge is 0.0900 e. The van der Waals surface area contributed by atoms with Crippen molar-refractivity contribution >= 4 is 11.3 Å². The summed E-state index contributed by atoms with van der Waals surface area (Å²) in [5, 5.41) is 12.1. The third kappa shape index (κ3) is 5.58. The first-order valence-corrected chi connectivity index (χ1v) is 7.81. The van der Waals surface area contributed by atoms with Crippen LogP contribution in [0.15, 0.2) is 17.5 Å². The second-order valence-corrected chi connectivity index (χ2v) is 6.24. The number of thiophene rings is 1. The number of likely N-dealkylation sites (N-methyl/N-ethyl adjacent to an activating group) is 1. The van der Waals surface area contributed by atoms with E-state index in [0.717, 1.165) is 32.7 Å². The van der Waals surface area contributed by atoms with Gasteiger partial charge in [-0.2, -0.15) is 0 Å². The monoisotopic (exact) mass is 284 g/mol. The Balaban J connectivity index is 1.62. The molecule has 0 spiro atoms.